The van der Waals surface area contributed by atoms with E-state index in [9.17, 15) is 9.59 Å². The highest BCUT2D eigenvalue weighted by Crippen LogP contribution is 2.64. The third-order valence-corrected chi connectivity index (χ3v) is 5.68. The zero-order chi connectivity index (χ0) is 16.1. The van der Waals surface area contributed by atoms with Gasteiger partial charge in [0.25, 0.3) is 0 Å². The van der Waals surface area contributed by atoms with Gasteiger partial charge in [0.1, 0.15) is 4.33 Å². The first-order valence-electron chi connectivity index (χ1n) is 7.35. The van der Waals surface area contributed by atoms with Crippen LogP contribution in [0.15, 0.2) is 18.2 Å². The molecule has 1 N–H and O–H groups in total. The fourth-order valence-corrected chi connectivity index (χ4v) is 3.56. The number of hydrogen-bond donors (Lipinski definition) is 1. The van der Waals surface area contributed by atoms with Crippen LogP contribution < -0.4 is 10.2 Å². The summed E-state index contributed by atoms with van der Waals surface area (Å²) in [5.74, 6) is -0.0265. The second-order valence-corrected chi connectivity index (χ2v) is 7.80. The number of amides is 2. The molecular formula is C16H18Cl2N2O2. The largest absolute Gasteiger partial charge is 0.326 e. The number of hydrogen-bond acceptors (Lipinski definition) is 2. The molecule has 1 saturated carbocycles. The van der Waals surface area contributed by atoms with E-state index in [1.165, 1.54) is 0 Å². The number of anilines is 2. The lowest BCUT2D eigenvalue weighted by molar-refractivity contribution is -0.120. The van der Waals surface area contributed by atoms with Gasteiger partial charge < -0.3 is 10.2 Å². The van der Waals surface area contributed by atoms with Gasteiger partial charge >= 0.3 is 0 Å². The van der Waals surface area contributed by atoms with E-state index in [4.69, 9.17) is 23.2 Å². The van der Waals surface area contributed by atoms with E-state index in [-0.39, 0.29) is 11.8 Å². The Morgan fingerprint density at radius 3 is 2.55 bits per heavy atom. The van der Waals surface area contributed by atoms with Gasteiger partial charge in [-0.15, -0.1) is 23.2 Å². The Labute approximate surface area is 139 Å². The molecule has 1 aromatic rings. The van der Waals surface area contributed by atoms with Crippen LogP contribution in [-0.2, 0) is 9.59 Å². The van der Waals surface area contributed by atoms with Gasteiger partial charge in [-0.2, -0.15) is 0 Å². The Morgan fingerprint density at radius 1 is 1.36 bits per heavy atom. The molecule has 0 unspecified atom stereocenters. The van der Waals surface area contributed by atoms with Crippen molar-refractivity contribution < 1.29 is 9.59 Å². The molecule has 0 radical (unpaired) electrons. The second kappa shape index (κ2) is 5.14. The van der Waals surface area contributed by atoms with E-state index in [2.05, 4.69) is 5.32 Å². The zero-order valence-corrected chi connectivity index (χ0v) is 14.1. The van der Waals surface area contributed by atoms with E-state index < -0.39 is 9.75 Å². The Bertz CT molecular complexity index is 660. The molecule has 0 aromatic heterocycles. The molecule has 0 bridgehead atoms. The van der Waals surface area contributed by atoms with E-state index in [1.54, 1.807) is 11.8 Å². The Balaban J connectivity index is 1.75. The molecule has 1 saturated heterocycles. The van der Waals surface area contributed by atoms with Crippen LogP contribution in [0, 0.1) is 12.3 Å². The van der Waals surface area contributed by atoms with E-state index in [0.717, 1.165) is 24.2 Å². The third-order valence-electron chi connectivity index (χ3n) is 4.58. The van der Waals surface area contributed by atoms with Crippen LogP contribution in [0.5, 0.6) is 0 Å². The van der Waals surface area contributed by atoms with Crippen molar-refractivity contribution in [3.63, 3.8) is 0 Å². The van der Waals surface area contributed by atoms with Gasteiger partial charge in [-0.3, -0.25) is 9.59 Å². The van der Waals surface area contributed by atoms with Crippen molar-refractivity contribution in [3.05, 3.63) is 23.8 Å². The van der Waals surface area contributed by atoms with Gasteiger partial charge in [0.2, 0.25) is 11.8 Å². The molecular weight excluding hydrogens is 323 g/mol. The average Bonchev–Trinajstić information content (AvgIpc) is 2.76. The van der Waals surface area contributed by atoms with Crippen molar-refractivity contribution in [1.29, 1.82) is 0 Å². The SMILES string of the molecule is Cc1cc(NC(=O)[C@]2(C)CC2(Cl)Cl)ccc1N1CCCC1=O. The summed E-state index contributed by atoms with van der Waals surface area (Å²) >= 11 is 12.1. The number of aryl methyl sites for hydroxylation is 1. The maximum absolute atomic E-state index is 12.3. The van der Waals surface area contributed by atoms with Crippen LogP contribution in [0.3, 0.4) is 0 Å². The van der Waals surface area contributed by atoms with Crippen molar-refractivity contribution in [1.82, 2.24) is 0 Å². The molecule has 1 aromatic carbocycles. The number of rotatable bonds is 3. The van der Waals surface area contributed by atoms with E-state index >= 15 is 0 Å². The molecule has 1 atom stereocenters. The molecule has 2 fully saturated rings. The smallest absolute Gasteiger partial charge is 0.233 e. The van der Waals surface area contributed by atoms with Crippen molar-refractivity contribution in [2.24, 2.45) is 5.41 Å². The Kier molecular flexibility index (Phi) is 3.65. The fraction of sp³-hybridized carbons (Fsp3) is 0.500. The first-order chi connectivity index (χ1) is 10.2. The standard InChI is InChI=1S/C16H18Cl2N2O2/c1-10-8-11(19-14(22)15(2)9-16(15,17)18)5-6-12(10)20-7-3-4-13(20)21/h5-6,8H,3-4,7,9H2,1-2H3,(H,19,22)/t15-/m0/s1. The van der Waals surface area contributed by atoms with Gasteiger partial charge in [-0.25, -0.2) is 0 Å². The first-order valence-corrected chi connectivity index (χ1v) is 8.10. The van der Waals surface area contributed by atoms with E-state index in [1.807, 2.05) is 25.1 Å². The fourth-order valence-electron chi connectivity index (χ4n) is 2.85. The minimum atomic E-state index is -0.978. The summed E-state index contributed by atoms with van der Waals surface area (Å²) in [4.78, 5) is 25.9. The molecule has 1 aliphatic carbocycles. The molecule has 1 aliphatic heterocycles. The monoisotopic (exact) mass is 340 g/mol. The number of benzene rings is 1. The molecule has 0 spiro atoms. The summed E-state index contributed by atoms with van der Waals surface area (Å²) in [5, 5.41) is 2.86. The summed E-state index contributed by atoms with van der Waals surface area (Å²) in [7, 11) is 0. The molecule has 6 heteroatoms. The van der Waals surface area contributed by atoms with Crippen molar-refractivity contribution in [3.8, 4) is 0 Å². The number of carbonyl (C=O) groups excluding carboxylic acids is 2. The lowest BCUT2D eigenvalue weighted by atomic mass is 10.1. The first kappa shape index (κ1) is 15.6. The highest BCUT2D eigenvalue weighted by molar-refractivity contribution is 6.53. The van der Waals surface area contributed by atoms with Gasteiger partial charge in [0, 0.05) is 24.3 Å². The summed E-state index contributed by atoms with van der Waals surface area (Å²) < 4.78 is -0.978. The number of nitrogens with one attached hydrogen (secondary N) is 1. The van der Waals surface area contributed by atoms with Crippen LogP contribution in [0.4, 0.5) is 11.4 Å². The molecule has 22 heavy (non-hydrogen) atoms. The Morgan fingerprint density at radius 2 is 2.05 bits per heavy atom. The maximum Gasteiger partial charge on any atom is 0.233 e. The molecule has 2 aliphatic rings. The minimum Gasteiger partial charge on any atom is -0.326 e. The summed E-state index contributed by atoms with van der Waals surface area (Å²) in [6.45, 7) is 4.44. The van der Waals surface area contributed by atoms with Crippen LogP contribution >= 0.6 is 23.2 Å². The normalized spacial score (nSPS) is 26.2. The highest BCUT2D eigenvalue weighted by atomic mass is 35.5. The summed E-state index contributed by atoms with van der Waals surface area (Å²) in [6.07, 6.45) is 1.95. The number of halogens is 2. The van der Waals surface area contributed by atoms with Crippen LogP contribution in [0.2, 0.25) is 0 Å². The second-order valence-electron chi connectivity index (χ2n) is 6.32. The summed E-state index contributed by atoms with van der Waals surface area (Å²) in [6, 6.07) is 5.55. The molecule has 1 heterocycles. The maximum atomic E-state index is 12.3. The highest BCUT2D eigenvalue weighted by Gasteiger charge is 2.67. The lowest BCUT2D eigenvalue weighted by Gasteiger charge is -2.19. The van der Waals surface area contributed by atoms with Crippen molar-refractivity contribution in [2.45, 2.75) is 37.4 Å². The van der Waals surface area contributed by atoms with Gasteiger partial charge in [0.15, 0.2) is 0 Å². The van der Waals surface area contributed by atoms with Crippen LogP contribution in [0.1, 0.15) is 31.7 Å². The van der Waals surface area contributed by atoms with Crippen molar-refractivity contribution >= 4 is 46.4 Å². The minimum absolute atomic E-state index is 0.152. The topological polar surface area (TPSA) is 49.4 Å². The lowest BCUT2D eigenvalue weighted by Crippen LogP contribution is -2.26. The quantitative estimate of drug-likeness (QED) is 0.854. The summed E-state index contributed by atoms with van der Waals surface area (Å²) in [5.41, 5.74) is 1.81. The zero-order valence-electron chi connectivity index (χ0n) is 12.6. The predicted molar refractivity (Wildman–Crippen MR) is 88.6 cm³/mol. The van der Waals surface area contributed by atoms with Gasteiger partial charge in [-0.1, -0.05) is 0 Å². The number of alkyl halides is 2. The van der Waals surface area contributed by atoms with Crippen LogP contribution in [0.25, 0.3) is 0 Å². The average molecular weight is 341 g/mol. The molecule has 4 nitrogen and oxygen atoms in total. The van der Waals surface area contributed by atoms with Gasteiger partial charge in [-0.05, 0) is 50.5 Å². The predicted octanol–water partition coefficient (Wildman–Crippen LogP) is 3.64. The molecule has 118 valence electrons. The molecule has 3 rings (SSSR count). The molecule has 2 amide bonds. The van der Waals surface area contributed by atoms with Crippen molar-refractivity contribution in [2.75, 3.05) is 16.8 Å². The number of nitrogens with zero attached hydrogens (tertiary/aromatic N) is 1. The van der Waals surface area contributed by atoms with Crippen LogP contribution in [-0.4, -0.2) is 22.7 Å². The number of carbonyl (C=O) groups is 2. The van der Waals surface area contributed by atoms with Gasteiger partial charge in [0.05, 0.1) is 5.41 Å². The Hall–Kier alpha value is -1.26. The van der Waals surface area contributed by atoms with E-state index in [0.29, 0.717) is 18.5 Å². The third kappa shape index (κ3) is 2.48.